The molecule has 1 heterocycles. The molecule has 5 nitrogen and oxygen atoms in total. The van der Waals surface area contributed by atoms with Crippen molar-refractivity contribution in [1.82, 2.24) is 15.2 Å². The number of carbonyl (C=O) groups excluding carboxylic acids is 1. The SMILES string of the molecule is Cc1nc(C(=O)CCN)n[nH]1. The Labute approximate surface area is 64.0 Å². The molecule has 0 atom stereocenters. The highest BCUT2D eigenvalue weighted by atomic mass is 16.1. The third kappa shape index (κ3) is 1.84. The second-order valence-corrected chi connectivity index (χ2v) is 2.21. The lowest BCUT2D eigenvalue weighted by Crippen LogP contribution is -2.09. The van der Waals surface area contributed by atoms with E-state index in [2.05, 4.69) is 15.2 Å². The molecule has 0 aliphatic carbocycles. The zero-order valence-corrected chi connectivity index (χ0v) is 6.29. The van der Waals surface area contributed by atoms with E-state index in [1.165, 1.54) is 0 Å². The van der Waals surface area contributed by atoms with Gasteiger partial charge in [0.05, 0.1) is 0 Å². The molecule has 0 saturated carbocycles. The molecule has 3 N–H and O–H groups in total. The number of hydrogen-bond donors (Lipinski definition) is 2. The Morgan fingerprint density at radius 3 is 2.91 bits per heavy atom. The number of aromatic nitrogens is 3. The molecule has 5 heteroatoms. The molecule has 0 bridgehead atoms. The molecule has 1 aromatic rings. The Hall–Kier alpha value is -1.23. The molecule has 0 radical (unpaired) electrons. The third-order valence-corrected chi connectivity index (χ3v) is 1.22. The smallest absolute Gasteiger partial charge is 0.217 e. The first-order valence-electron chi connectivity index (χ1n) is 3.36. The molecule has 0 amide bonds. The molecule has 0 aliphatic rings. The van der Waals surface area contributed by atoms with Crippen LogP contribution in [0.4, 0.5) is 0 Å². The van der Waals surface area contributed by atoms with Gasteiger partial charge in [-0.05, 0) is 13.5 Å². The van der Waals surface area contributed by atoms with Gasteiger partial charge in [-0.2, -0.15) is 5.10 Å². The summed E-state index contributed by atoms with van der Waals surface area (Å²) in [6, 6.07) is 0. The predicted octanol–water partition coefficient (Wildman–Crippen LogP) is -0.355. The maximum Gasteiger partial charge on any atom is 0.217 e. The van der Waals surface area contributed by atoms with Crippen molar-refractivity contribution in [2.75, 3.05) is 6.54 Å². The zero-order valence-electron chi connectivity index (χ0n) is 6.29. The van der Waals surface area contributed by atoms with E-state index >= 15 is 0 Å². The summed E-state index contributed by atoms with van der Waals surface area (Å²) < 4.78 is 0. The number of nitrogens with one attached hydrogen (secondary N) is 1. The third-order valence-electron chi connectivity index (χ3n) is 1.22. The van der Waals surface area contributed by atoms with Crippen molar-refractivity contribution in [2.45, 2.75) is 13.3 Å². The Bertz CT molecular complexity index is 255. The highest BCUT2D eigenvalue weighted by Gasteiger charge is 2.08. The average molecular weight is 154 g/mol. The van der Waals surface area contributed by atoms with Gasteiger partial charge in [-0.1, -0.05) is 0 Å². The number of ketones is 1. The van der Waals surface area contributed by atoms with Crippen LogP contribution < -0.4 is 5.73 Å². The summed E-state index contributed by atoms with van der Waals surface area (Å²) in [5.41, 5.74) is 5.19. The first kappa shape index (κ1) is 7.87. The van der Waals surface area contributed by atoms with Crippen molar-refractivity contribution in [2.24, 2.45) is 5.73 Å². The van der Waals surface area contributed by atoms with Gasteiger partial charge >= 0.3 is 0 Å². The van der Waals surface area contributed by atoms with Gasteiger partial charge in [0.15, 0.2) is 0 Å². The summed E-state index contributed by atoms with van der Waals surface area (Å²) in [6.45, 7) is 2.08. The Kier molecular flexibility index (Phi) is 2.32. The van der Waals surface area contributed by atoms with Crippen LogP contribution in [0.5, 0.6) is 0 Å². The standard InChI is InChI=1S/C6H10N4O/c1-4-8-6(10-9-4)5(11)2-3-7/h2-3,7H2,1H3,(H,8,9,10). The number of nitrogens with zero attached hydrogens (tertiary/aromatic N) is 2. The molecule has 0 aromatic carbocycles. The molecule has 0 spiro atoms. The van der Waals surface area contributed by atoms with Crippen LogP contribution in [0.1, 0.15) is 22.9 Å². The fraction of sp³-hybridized carbons (Fsp3) is 0.500. The van der Waals surface area contributed by atoms with E-state index in [1.807, 2.05) is 0 Å². The fourth-order valence-corrected chi connectivity index (χ4v) is 0.710. The number of aromatic amines is 1. The molecular weight excluding hydrogens is 144 g/mol. The summed E-state index contributed by atoms with van der Waals surface area (Å²) in [4.78, 5) is 14.9. The van der Waals surface area contributed by atoms with E-state index in [4.69, 9.17) is 5.73 Å². The molecule has 0 fully saturated rings. The first-order chi connectivity index (χ1) is 5.24. The van der Waals surface area contributed by atoms with Gasteiger partial charge in [-0.3, -0.25) is 9.89 Å². The van der Waals surface area contributed by atoms with Crippen LogP contribution >= 0.6 is 0 Å². The van der Waals surface area contributed by atoms with E-state index < -0.39 is 0 Å². The number of hydrogen-bond acceptors (Lipinski definition) is 4. The second kappa shape index (κ2) is 3.25. The normalized spacial score (nSPS) is 10.0. The van der Waals surface area contributed by atoms with Crippen LogP contribution in [0.25, 0.3) is 0 Å². The summed E-state index contributed by atoms with van der Waals surface area (Å²) in [5, 5.41) is 6.28. The van der Waals surface area contributed by atoms with Crippen LogP contribution in [0.2, 0.25) is 0 Å². The number of carbonyl (C=O) groups is 1. The van der Waals surface area contributed by atoms with E-state index in [-0.39, 0.29) is 11.6 Å². The van der Waals surface area contributed by atoms with Gasteiger partial charge in [0.2, 0.25) is 11.6 Å². The second-order valence-electron chi connectivity index (χ2n) is 2.21. The molecule has 0 aliphatic heterocycles. The van der Waals surface area contributed by atoms with Crippen LogP contribution in [-0.4, -0.2) is 27.5 Å². The number of rotatable bonds is 3. The van der Waals surface area contributed by atoms with Gasteiger partial charge in [0.25, 0.3) is 0 Å². The van der Waals surface area contributed by atoms with E-state index in [1.54, 1.807) is 6.92 Å². The van der Waals surface area contributed by atoms with Gasteiger partial charge in [-0.25, -0.2) is 4.98 Å². The van der Waals surface area contributed by atoms with Crippen LogP contribution in [-0.2, 0) is 0 Å². The van der Waals surface area contributed by atoms with E-state index in [9.17, 15) is 4.79 Å². The number of nitrogens with two attached hydrogens (primary N) is 1. The van der Waals surface area contributed by atoms with Crippen LogP contribution in [0.3, 0.4) is 0 Å². The monoisotopic (exact) mass is 154 g/mol. The van der Waals surface area contributed by atoms with E-state index in [0.717, 1.165) is 0 Å². The first-order valence-corrected chi connectivity index (χ1v) is 3.36. The highest BCUT2D eigenvalue weighted by Crippen LogP contribution is 1.94. The largest absolute Gasteiger partial charge is 0.330 e. The Morgan fingerprint density at radius 2 is 2.45 bits per heavy atom. The van der Waals surface area contributed by atoms with Crippen molar-refractivity contribution in [3.8, 4) is 0 Å². The lowest BCUT2D eigenvalue weighted by atomic mass is 10.3. The molecule has 1 rings (SSSR count). The van der Waals surface area contributed by atoms with Gasteiger partial charge < -0.3 is 5.73 Å². The topological polar surface area (TPSA) is 84.7 Å². The van der Waals surface area contributed by atoms with E-state index in [0.29, 0.717) is 18.8 Å². The lowest BCUT2D eigenvalue weighted by molar-refractivity contribution is 0.0976. The summed E-state index contributed by atoms with van der Waals surface area (Å²) in [5.74, 6) is 0.759. The van der Waals surface area contributed by atoms with Crippen LogP contribution in [0.15, 0.2) is 0 Å². The quantitative estimate of drug-likeness (QED) is 0.582. The summed E-state index contributed by atoms with van der Waals surface area (Å²) >= 11 is 0. The summed E-state index contributed by atoms with van der Waals surface area (Å²) in [6.07, 6.45) is 0.303. The minimum Gasteiger partial charge on any atom is -0.330 e. The maximum absolute atomic E-state index is 11.0. The van der Waals surface area contributed by atoms with Crippen molar-refractivity contribution in [1.29, 1.82) is 0 Å². The van der Waals surface area contributed by atoms with Crippen molar-refractivity contribution < 1.29 is 4.79 Å². The lowest BCUT2D eigenvalue weighted by Gasteiger charge is -1.88. The highest BCUT2D eigenvalue weighted by molar-refractivity contribution is 5.92. The minimum atomic E-state index is -0.114. The van der Waals surface area contributed by atoms with Crippen molar-refractivity contribution >= 4 is 5.78 Å². The molecule has 0 unspecified atom stereocenters. The number of Topliss-reactive ketones (excluding diaryl/α,β-unsaturated/α-hetero) is 1. The molecular formula is C6H10N4O. The minimum absolute atomic E-state index is 0.114. The van der Waals surface area contributed by atoms with Gasteiger partial charge in [0, 0.05) is 6.42 Å². The van der Waals surface area contributed by atoms with Crippen molar-refractivity contribution in [3.05, 3.63) is 11.6 Å². The number of aryl methyl sites for hydroxylation is 1. The van der Waals surface area contributed by atoms with Gasteiger partial charge in [-0.15, -0.1) is 0 Å². The molecule has 60 valence electrons. The summed E-state index contributed by atoms with van der Waals surface area (Å²) in [7, 11) is 0. The average Bonchev–Trinajstić information content (AvgIpc) is 2.36. The zero-order chi connectivity index (χ0) is 8.27. The molecule has 11 heavy (non-hydrogen) atoms. The van der Waals surface area contributed by atoms with Gasteiger partial charge in [0.1, 0.15) is 5.82 Å². The Morgan fingerprint density at radius 1 is 1.73 bits per heavy atom. The number of H-pyrrole nitrogens is 1. The Balaban J connectivity index is 2.69. The fourth-order valence-electron chi connectivity index (χ4n) is 0.710. The maximum atomic E-state index is 11.0. The molecule has 0 saturated heterocycles. The van der Waals surface area contributed by atoms with Crippen LogP contribution in [0, 0.1) is 6.92 Å². The predicted molar refractivity (Wildman–Crippen MR) is 39.1 cm³/mol. The molecule has 1 aromatic heterocycles. The van der Waals surface area contributed by atoms with Crippen molar-refractivity contribution in [3.63, 3.8) is 0 Å².